The van der Waals surface area contributed by atoms with Crippen molar-refractivity contribution < 1.29 is 9.53 Å². The summed E-state index contributed by atoms with van der Waals surface area (Å²) in [6.45, 7) is 4.04. The first kappa shape index (κ1) is 17.4. The normalized spacial score (nSPS) is 10.3. The molecule has 3 aromatic rings. The molecular weight excluding hydrogens is 328 g/mol. The zero-order valence-electron chi connectivity index (χ0n) is 14.9. The predicted octanol–water partition coefficient (Wildman–Crippen LogP) is 4.10. The lowest BCUT2D eigenvalue weighted by molar-refractivity contribution is 0.102. The number of anilines is 3. The molecule has 1 aromatic heterocycles. The number of carbonyl (C=O) groups excluding carboxylic acids is 1. The zero-order chi connectivity index (χ0) is 18.5. The van der Waals surface area contributed by atoms with Crippen molar-refractivity contribution in [1.29, 1.82) is 0 Å². The molecule has 0 saturated carbocycles. The van der Waals surface area contributed by atoms with Gasteiger partial charge >= 0.3 is 0 Å². The SMILES string of the molecule is COc1ccccc1NC(=O)c1cnc(Nc2cc(C)ccc2C)nc1. The molecule has 132 valence electrons. The maximum atomic E-state index is 12.4. The van der Waals surface area contributed by atoms with Crippen molar-refractivity contribution in [2.45, 2.75) is 13.8 Å². The highest BCUT2D eigenvalue weighted by atomic mass is 16.5. The molecule has 1 heterocycles. The molecule has 2 aromatic carbocycles. The van der Waals surface area contributed by atoms with Gasteiger partial charge in [-0.15, -0.1) is 0 Å². The van der Waals surface area contributed by atoms with Crippen LogP contribution in [0.1, 0.15) is 21.5 Å². The lowest BCUT2D eigenvalue weighted by Gasteiger charge is -2.11. The van der Waals surface area contributed by atoms with E-state index in [1.54, 1.807) is 19.2 Å². The minimum absolute atomic E-state index is 0.298. The van der Waals surface area contributed by atoms with E-state index in [4.69, 9.17) is 4.74 Å². The van der Waals surface area contributed by atoms with Crippen molar-refractivity contribution >= 4 is 23.2 Å². The van der Waals surface area contributed by atoms with Crippen molar-refractivity contribution in [1.82, 2.24) is 9.97 Å². The largest absolute Gasteiger partial charge is 0.495 e. The number of hydrogen-bond acceptors (Lipinski definition) is 5. The number of amides is 1. The molecule has 0 bridgehead atoms. The van der Waals surface area contributed by atoms with Crippen LogP contribution in [-0.2, 0) is 0 Å². The first-order valence-corrected chi connectivity index (χ1v) is 8.17. The Balaban J connectivity index is 1.73. The smallest absolute Gasteiger partial charge is 0.258 e. The fraction of sp³-hybridized carbons (Fsp3) is 0.150. The summed E-state index contributed by atoms with van der Waals surface area (Å²) in [5.41, 5.74) is 4.14. The molecule has 0 fully saturated rings. The second-order valence-corrected chi connectivity index (χ2v) is 5.89. The number of rotatable bonds is 5. The molecule has 0 aliphatic rings. The number of hydrogen-bond donors (Lipinski definition) is 2. The van der Waals surface area contributed by atoms with Crippen molar-refractivity contribution in [2.75, 3.05) is 17.7 Å². The average molecular weight is 348 g/mol. The second kappa shape index (κ2) is 7.65. The van der Waals surface area contributed by atoms with Crippen molar-refractivity contribution in [3.8, 4) is 5.75 Å². The number of carbonyl (C=O) groups is 1. The number of aromatic nitrogens is 2. The van der Waals surface area contributed by atoms with E-state index >= 15 is 0 Å². The van der Waals surface area contributed by atoms with Crippen LogP contribution in [-0.4, -0.2) is 23.0 Å². The van der Waals surface area contributed by atoms with Gasteiger partial charge in [-0.25, -0.2) is 9.97 Å². The minimum atomic E-state index is -0.298. The highest BCUT2D eigenvalue weighted by Gasteiger charge is 2.11. The molecule has 0 aliphatic carbocycles. The number of aryl methyl sites for hydroxylation is 2. The van der Waals surface area contributed by atoms with Crippen LogP contribution in [0.5, 0.6) is 5.75 Å². The number of para-hydroxylation sites is 2. The second-order valence-electron chi connectivity index (χ2n) is 5.89. The summed E-state index contributed by atoms with van der Waals surface area (Å²) in [4.78, 5) is 20.9. The monoisotopic (exact) mass is 348 g/mol. The Bertz CT molecular complexity index is 923. The van der Waals surface area contributed by atoms with Gasteiger partial charge in [-0.1, -0.05) is 24.3 Å². The van der Waals surface area contributed by atoms with Crippen LogP contribution in [0.2, 0.25) is 0 Å². The molecule has 2 N–H and O–H groups in total. The summed E-state index contributed by atoms with van der Waals surface area (Å²) in [5.74, 6) is 0.732. The predicted molar refractivity (Wildman–Crippen MR) is 102 cm³/mol. The Morgan fingerprint density at radius 3 is 2.46 bits per heavy atom. The topological polar surface area (TPSA) is 76.1 Å². The van der Waals surface area contributed by atoms with Gasteiger partial charge in [0.15, 0.2) is 0 Å². The average Bonchev–Trinajstić information content (AvgIpc) is 2.65. The molecule has 3 rings (SSSR count). The van der Waals surface area contributed by atoms with Gasteiger partial charge in [0.25, 0.3) is 5.91 Å². The summed E-state index contributed by atoms with van der Waals surface area (Å²) in [6.07, 6.45) is 2.98. The van der Waals surface area contributed by atoms with Gasteiger partial charge in [0.1, 0.15) is 5.75 Å². The molecule has 0 radical (unpaired) electrons. The van der Waals surface area contributed by atoms with Gasteiger partial charge in [-0.3, -0.25) is 4.79 Å². The van der Waals surface area contributed by atoms with E-state index in [0.29, 0.717) is 22.9 Å². The first-order valence-electron chi connectivity index (χ1n) is 8.17. The van der Waals surface area contributed by atoms with Gasteiger partial charge in [0.05, 0.1) is 18.4 Å². The quantitative estimate of drug-likeness (QED) is 0.726. The Morgan fingerprint density at radius 1 is 1.00 bits per heavy atom. The molecule has 0 spiro atoms. The Kier molecular flexibility index (Phi) is 5.12. The third-order valence-corrected chi connectivity index (χ3v) is 3.91. The summed E-state index contributed by atoms with van der Waals surface area (Å²) in [5, 5.41) is 5.97. The molecule has 6 nitrogen and oxygen atoms in total. The maximum absolute atomic E-state index is 12.4. The van der Waals surface area contributed by atoms with Gasteiger partial charge in [-0.05, 0) is 43.2 Å². The first-order chi connectivity index (χ1) is 12.6. The number of nitrogens with one attached hydrogen (secondary N) is 2. The fourth-order valence-electron chi connectivity index (χ4n) is 2.44. The summed E-state index contributed by atoms with van der Waals surface area (Å²) in [7, 11) is 1.56. The van der Waals surface area contributed by atoms with Gasteiger partial charge in [-0.2, -0.15) is 0 Å². The van der Waals surface area contributed by atoms with Crippen LogP contribution < -0.4 is 15.4 Å². The fourth-order valence-corrected chi connectivity index (χ4v) is 2.44. The lowest BCUT2D eigenvalue weighted by atomic mass is 10.1. The molecule has 0 atom stereocenters. The van der Waals surface area contributed by atoms with E-state index in [2.05, 4.69) is 20.6 Å². The van der Waals surface area contributed by atoms with Crippen LogP contribution in [0.25, 0.3) is 0 Å². The molecular formula is C20H20N4O2. The molecule has 0 unspecified atom stereocenters. The van der Waals surface area contributed by atoms with Crippen LogP contribution in [0.4, 0.5) is 17.3 Å². The van der Waals surface area contributed by atoms with Gasteiger partial charge in [0.2, 0.25) is 5.95 Å². The lowest BCUT2D eigenvalue weighted by Crippen LogP contribution is -2.13. The Labute approximate surface area is 152 Å². The summed E-state index contributed by atoms with van der Waals surface area (Å²) in [6, 6.07) is 13.3. The van der Waals surface area contributed by atoms with E-state index in [-0.39, 0.29) is 5.91 Å². The van der Waals surface area contributed by atoms with E-state index in [1.807, 2.05) is 44.2 Å². The summed E-state index contributed by atoms with van der Waals surface area (Å²) < 4.78 is 5.23. The van der Waals surface area contributed by atoms with Crippen LogP contribution >= 0.6 is 0 Å². The number of benzene rings is 2. The Morgan fingerprint density at radius 2 is 1.73 bits per heavy atom. The van der Waals surface area contributed by atoms with Crippen molar-refractivity contribution in [3.05, 3.63) is 71.5 Å². The number of nitrogens with zero attached hydrogens (tertiary/aromatic N) is 2. The van der Waals surface area contributed by atoms with Gasteiger partial charge in [0, 0.05) is 18.1 Å². The van der Waals surface area contributed by atoms with Crippen molar-refractivity contribution in [2.24, 2.45) is 0 Å². The van der Waals surface area contributed by atoms with Gasteiger partial charge < -0.3 is 15.4 Å². The molecule has 1 amide bonds. The van der Waals surface area contributed by atoms with E-state index < -0.39 is 0 Å². The minimum Gasteiger partial charge on any atom is -0.495 e. The van der Waals surface area contributed by atoms with Crippen LogP contribution in [0.3, 0.4) is 0 Å². The number of methoxy groups -OCH3 is 1. The van der Waals surface area contributed by atoms with E-state index in [9.17, 15) is 4.79 Å². The maximum Gasteiger partial charge on any atom is 0.258 e. The molecule has 6 heteroatoms. The third kappa shape index (κ3) is 3.97. The third-order valence-electron chi connectivity index (χ3n) is 3.91. The molecule has 0 aliphatic heterocycles. The zero-order valence-corrected chi connectivity index (χ0v) is 14.9. The highest BCUT2D eigenvalue weighted by Crippen LogP contribution is 2.24. The van der Waals surface area contributed by atoms with Crippen molar-refractivity contribution in [3.63, 3.8) is 0 Å². The van der Waals surface area contributed by atoms with Crippen LogP contribution in [0, 0.1) is 13.8 Å². The molecule has 0 saturated heterocycles. The number of ether oxygens (including phenoxy) is 1. The van der Waals surface area contributed by atoms with E-state index in [0.717, 1.165) is 16.8 Å². The van der Waals surface area contributed by atoms with E-state index in [1.165, 1.54) is 12.4 Å². The Hall–Kier alpha value is -3.41. The molecule has 26 heavy (non-hydrogen) atoms. The summed E-state index contributed by atoms with van der Waals surface area (Å²) >= 11 is 0. The van der Waals surface area contributed by atoms with Crippen LogP contribution in [0.15, 0.2) is 54.9 Å². The standard InChI is InChI=1S/C20H20N4O2/c1-13-8-9-14(2)17(10-13)24-20-21-11-15(12-22-20)19(25)23-16-6-4-5-7-18(16)26-3/h4-12H,1-3H3,(H,23,25)(H,21,22,24). The highest BCUT2D eigenvalue weighted by molar-refractivity contribution is 6.04.